The van der Waals surface area contributed by atoms with Crippen LogP contribution >= 0.6 is 23.6 Å². The van der Waals surface area contributed by atoms with Gasteiger partial charge in [0.2, 0.25) is 0 Å². The minimum atomic E-state index is -0.758. The predicted octanol–water partition coefficient (Wildman–Crippen LogP) is 5.31. The number of piperidine rings is 1. The molecular formula is C23H29N3O3S2. The van der Waals surface area contributed by atoms with Gasteiger partial charge in [-0.05, 0) is 48.5 Å². The van der Waals surface area contributed by atoms with Crippen molar-refractivity contribution in [2.24, 2.45) is 11.0 Å². The highest BCUT2D eigenvalue weighted by Gasteiger charge is 2.29. The second-order valence-electron chi connectivity index (χ2n) is 8.69. The molecule has 2 heterocycles. The van der Waals surface area contributed by atoms with E-state index in [-0.39, 0.29) is 17.1 Å². The van der Waals surface area contributed by atoms with Crippen LogP contribution in [0, 0.1) is 5.92 Å². The van der Waals surface area contributed by atoms with Gasteiger partial charge in [-0.1, -0.05) is 45.0 Å². The van der Waals surface area contributed by atoms with E-state index in [0.717, 1.165) is 10.4 Å². The molecule has 0 saturated carbocycles. The van der Waals surface area contributed by atoms with Crippen LogP contribution in [0.15, 0.2) is 34.7 Å². The molecule has 166 valence electrons. The number of aromatic hydroxyl groups is 1. The van der Waals surface area contributed by atoms with Crippen molar-refractivity contribution in [2.75, 3.05) is 18.1 Å². The maximum Gasteiger partial charge on any atom is 0.306 e. The normalized spacial score (nSPS) is 15.4. The van der Waals surface area contributed by atoms with Gasteiger partial charge in [-0.3, -0.25) is 4.79 Å². The van der Waals surface area contributed by atoms with Gasteiger partial charge in [0.15, 0.2) is 10.9 Å². The number of thiophene rings is 1. The summed E-state index contributed by atoms with van der Waals surface area (Å²) < 4.78 is 0. The van der Waals surface area contributed by atoms with Crippen molar-refractivity contribution >= 4 is 46.5 Å². The smallest absolute Gasteiger partial charge is 0.306 e. The van der Waals surface area contributed by atoms with Crippen molar-refractivity contribution in [3.63, 3.8) is 0 Å². The van der Waals surface area contributed by atoms with Gasteiger partial charge in [-0.25, -0.2) is 5.01 Å². The molecule has 8 heteroatoms. The number of carbonyl (C=O) groups is 1. The van der Waals surface area contributed by atoms with Gasteiger partial charge in [0.05, 0.1) is 10.8 Å². The summed E-state index contributed by atoms with van der Waals surface area (Å²) in [6, 6.07) is 8.23. The molecule has 0 aliphatic carbocycles. The molecule has 0 spiro atoms. The Hall–Kier alpha value is -2.45. The Balaban J connectivity index is 1.84. The van der Waals surface area contributed by atoms with Crippen molar-refractivity contribution < 1.29 is 15.0 Å². The summed E-state index contributed by atoms with van der Waals surface area (Å²) in [4.78, 5) is 13.9. The number of hydrazone groups is 1. The lowest BCUT2D eigenvalue weighted by Crippen LogP contribution is -2.45. The van der Waals surface area contributed by atoms with Crippen LogP contribution < -0.4 is 5.01 Å². The van der Waals surface area contributed by atoms with Crippen molar-refractivity contribution in [3.05, 3.63) is 35.2 Å². The van der Waals surface area contributed by atoms with E-state index >= 15 is 0 Å². The first kappa shape index (κ1) is 23.2. The van der Waals surface area contributed by atoms with E-state index in [1.807, 2.05) is 22.4 Å². The lowest BCUT2D eigenvalue weighted by molar-refractivity contribution is -0.143. The maximum absolute atomic E-state index is 11.2. The van der Waals surface area contributed by atoms with Crippen LogP contribution in [0.4, 0.5) is 5.69 Å². The minimum absolute atomic E-state index is 0.0636. The fourth-order valence-corrected chi connectivity index (χ4v) is 4.86. The van der Waals surface area contributed by atoms with Crippen molar-refractivity contribution in [1.82, 2.24) is 4.90 Å². The van der Waals surface area contributed by atoms with Gasteiger partial charge >= 0.3 is 5.97 Å². The van der Waals surface area contributed by atoms with Crippen LogP contribution in [0.5, 0.6) is 5.75 Å². The Morgan fingerprint density at radius 2 is 1.87 bits per heavy atom. The Kier molecular flexibility index (Phi) is 7.01. The van der Waals surface area contributed by atoms with Crippen molar-refractivity contribution in [1.29, 1.82) is 0 Å². The number of hydrogen-bond acceptors (Lipinski definition) is 5. The first-order valence-corrected chi connectivity index (χ1v) is 11.6. The molecule has 1 fully saturated rings. The van der Waals surface area contributed by atoms with Crippen LogP contribution in [0.2, 0.25) is 0 Å². The summed E-state index contributed by atoms with van der Waals surface area (Å²) in [6.07, 6.45) is 2.71. The Bertz CT molecular complexity index is 969. The zero-order chi connectivity index (χ0) is 22.8. The molecule has 0 amide bonds. The largest absolute Gasteiger partial charge is 0.504 e. The maximum atomic E-state index is 11.2. The molecule has 2 N–H and O–H groups in total. The van der Waals surface area contributed by atoms with Crippen molar-refractivity contribution in [2.45, 2.75) is 46.0 Å². The summed E-state index contributed by atoms with van der Waals surface area (Å²) in [6.45, 7) is 9.41. The zero-order valence-corrected chi connectivity index (χ0v) is 20.0. The number of aliphatic carboxylic acids is 1. The van der Waals surface area contributed by atoms with Gasteiger partial charge < -0.3 is 15.1 Å². The second kappa shape index (κ2) is 9.36. The van der Waals surface area contributed by atoms with Gasteiger partial charge in [0, 0.05) is 24.7 Å². The molecule has 0 radical (unpaired) electrons. The Morgan fingerprint density at radius 3 is 2.39 bits per heavy atom. The number of thiocarbonyl (C=S) groups is 1. The van der Waals surface area contributed by atoms with Crippen LogP contribution in [0.3, 0.4) is 0 Å². The zero-order valence-electron chi connectivity index (χ0n) is 18.3. The number of benzene rings is 1. The van der Waals surface area contributed by atoms with E-state index in [2.05, 4.69) is 38.0 Å². The van der Waals surface area contributed by atoms with E-state index in [1.165, 1.54) is 16.9 Å². The van der Waals surface area contributed by atoms with Crippen LogP contribution in [0.1, 0.15) is 46.1 Å². The molecule has 31 heavy (non-hydrogen) atoms. The van der Waals surface area contributed by atoms with Crippen molar-refractivity contribution in [3.8, 4) is 16.2 Å². The highest BCUT2D eigenvalue weighted by atomic mass is 32.1. The molecule has 2 aromatic rings. The highest BCUT2D eigenvalue weighted by Crippen LogP contribution is 2.44. The average Bonchev–Trinajstić information content (AvgIpc) is 3.12. The number of nitrogens with zero attached hydrogens (tertiary/aromatic N) is 3. The van der Waals surface area contributed by atoms with E-state index in [4.69, 9.17) is 12.2 Å². The molecule has 1 aromatic heterocycles. The van der Waals surface area contributed by atoms with Crippen LogP contribution in [-0.4, -0.2) is 45.5 Å². The molecular weight excluding hydrogens is 430 g/mol. The lowest BCUT2D eigenvalue weighted by atomic mass is 9.86. The number of anilines is 1. The van der Waals surface area contributed by atoms with Crippen LogP contribution in [-0.2, 0) is 10.2 Å². The number of rotatable bonds is 4. The van der Waals surface area contributed by atoms with Gasteiger partial charge in [-0.2, -0.15) is 5.10 Å². The van der Waals surface area contributed by atoms with E-state index in [9.17, 15) is 15.0 Å². The molecule has 1 aliphatic heterocycles. The molecule has 1 aliphatic rings. The fourth-order valence-electron chi connectivity index (χ4n) is 3.60. The quantitative estimate of drug-likeness (QED) is 0.366. The Morgan fingerprint density at radius 1 is 1.26 bits per heavy atom. The third-order valence-electron chi connectivity index (χ3n) is 5.51. The lowest BCUT2D eigenvalue weighted by Gasteiger charge is -2.35. The molecule has 0 unspecified atom stereocenters. The van der Waals surface area contributed by atoms with Crippen LogP contribution in [0.25, 0.3) is 10.4 Å². The highest BCUT2D eigenvalue weighted by molar-refractivity contribution is 7.80. The summed E-state index contributed by atoms with van der Waals surface area (Å²) in [5.74, 6) is -0.951. The molecule has 1 saturated heterocycles. The minimum Gasteiger partial charge on any atom is -0.504 e. The second-order valence-corrected chi connectivity index (χ2v) is 9.94. The third-order valence-corrected chi connectivity index (χ3v) is 6.95. The van der Waals surface area contributed by atoms with E-state index in [0.29, 0.717) is 36.7 Å². The molecule has 0 atom stereocenters. The summed E-state index contributed by atoms with van der Waals surface area (Å²) in [5, 5.41) is 28.5. The number of hydrogen-bond donors (Lipinski definition) is 2. The fraction of sp³-hybridized carbons (Fsp3) is 0.435. The van der Waals surface area contributed by atoms with Gasteiger partial charge in [0.1, 0.15) is 5.69 Å². The summed E-state index contributed by atoms with van der Waals surface area (Å²) in [5.41, 5.74) is 2.77. The monoisotopic (exact) mass is 459 g/mol. The Labute approximate surface area is 192 Å². The average molecular weight is 460 g/mol. The van der Waals surface area contributed by atoms with E-state index < -0.39 is 5.97 Å². The first-order chi connectivity index (χ1) is 14.6. The summed E-state index contributed by atoms with van der Waals surface area (Å²) in [7, 11) is 0. The summed E-state index contributed by atoms with van der Waals surface area (Å²) >= 11 is 7.12. The van der Waals surface area contributed by atoms with Gasteiger partial charge in [0.25, 0.3) is 0 Å². The third kappa shape index (κ3) is 5.07. The number of carboxylic acids is 1. The molecule has 0 bridgehead atoms. The van der Waals surface area contributed by atoms with E-state index in [1.54, 1.807) is 18.1 Å². The SMILES string of the molecule is C/C=N/N(C(=S)N1CCC(C(=O)O)CC1)c1csc(-c2ccc(C(C)(C)C)cc2)c1O. The molecule has 3 rings (SSSR count). The number of likely N-dealkylation sites (tertiary alicyclic amines) is 1. The first-order valence-electron chi connectivity index (χ1n) is 10.3. The molecule has 6 nitrogen and oxygen atoms in total. The molecule has 1 aromatic carbocycles. The van der Waals surface area contributed by atoms with Gasteiger partial charge in [-0.15, -0.1) is 11.3 Å². The predicted molar refractivity (Wildman–Crippen MR) is 131 cm³/mol. The standard InChI is InChI=1S/C23H29N3O3S2/c1-5-24-26(22(30)25-12-10-16(11-13-25)21(28)29)18-14-31-20(19(18)27)15-6-8-17(9-7-15)23(2,3)4/h5-9,14,16,27H,10-13H2,1-4H3,(H,28,29)/b24-5+. The number of carboxylic acid groups (broad SMARTS) is 1. The topological polar surface area (TPSA) is 76.4 Å².